The molecule has 1 atom stereocenters. The first-order valence-electron chi connectivity index (χ1n) is 8.81. The Balaban J connectivity index is 1.79. The van der Waals surface area contributed by atoms with Crippen LogP contribution in [-0.4, -0.2) is 16.0 Å². The average molecular weight is 374 g/mol. The second-order valence-corrected chi connectivity index (χ2v) is 6.73. The van der Waals surface area contributed by atoms with Crippen molar-refractivity contribution in [2.24, 2.45) is 0 Å². The van der Waals surface area contributed by atoms with Crippen LogP contribution in [0.5, 0.6) is 0 Å². The minimum absolute atomic E-state index is 0.0231. The third kappa shape index (κ3) is 3.37. The smallest absolute Gasteiger partial charge is 0.159 e. The lowest BCUT2D eigenvalue weighted by Gasteiger charge is -2.31. The van der Waals surface area contributed by atoms with E-state index in [2.05, 4.69) is 0 Å². The highest BCUT2D eigenvalue weighted by molar-refractivity contribution is 5.31. The minimum atomic E-state index is -0.938. The molecule has 0 spiro atoms. The van der Waals surface area contributed by atoms with Gasteiger partial charge in [0.15, 0.2) is 11.6 Å². The molecule has 1 aliphatic heterocycles. The molecule has 2 nitrogen and oxygen atoms in total. The Hall–Kier alpha value is -2.60. The van der Waals surface area contributed by atoms with Gasteiger partial charge in [0.25, 0.3) is 0 Å². The Morgan fingerprint density at radius 3 is 2.33 bits per heavy atom. The van der Waals surface area contributed by atoms with Gasteiger partial charge in [-0.1, -0.05) is 12.1 Å². The summed E-state index contributed by atoms with van der Waals surface area (Å²) in [5, 5.41) is 0. The molecule has 140 valence electrons. The summed E-state index contributed by atoms with van der Waals surface area (Å²) in [7, 11) is 0. The highest BCUT2D eigenvalue weighted by atomic mass is 19.2. The van der Waals surface area contributed by atoms with Crippen molar-refractivity contribution in [2.75, 3.05) is 6.54 Å². The normalized spacial score (nSPS) is 17.6. The molecule has 27 heavy (non-hydrogen) atoms. The van der Waals surface area contributed by atoms with E-state index in [4.69, 9.17) is 0 Å². The minimum Gasteiger partial charge on any atom is -0.350 e. The van der Waals surface area contributed by atoms with Crippen molar-refractivity contribution in [3.05, 3.63) is 94.8 Å². The SMILES string of the molecule is Fc1ccc(C2c3cccn3CCCN2Cc2c(F)cccc2F)cc1F. The van der Waals surface area contributed by atoms with Crippen LogP contribution >= 0.6 is 0 Å². The number of hydrogen-bond acceptors (Lipinski definition) is 1. The van der Waals surface area contributed by atoms with E-state index in [1.165, 1.54) is 24.3 Å². The first-order chi connectivity index (χ1) is 13.0. The molecule has 2 aromatic carbocycles. The number of hydrogen-bond donors (Lipinski definition) is 0. The van der Waals surface area contributed by atoms with Gasteiger partial charge in [0, 0.05) is 37.1 Å². The first-order valence-corrected chi connectivity index (χ1v) is 8.81. The van der Waals surface area contributed by atoms with E-state index in [0.29, 0.717) is 12.1 Å². The molecule has 0 aliphatic carbocycles. The highest BCUT2D eigenvalue weighted by Crippen LogP contribution is 2.34. The molecule has 0 saturated heterocycles. The molecule has 1 aromatic heterocycles. The Bertz CT molecular complexity index is 946. The molecule has 6 heteroatoms. The largest absolute Gasteiger partial charge is 0.350 e. The molecule has 2 heterocycles. The monoisotopic (exact) mass is 374 g/mol. The van der Waals surface area contributed by atoms with Crippen LogP contribution in [0.4, 0.5) is 17.6 Å². The molecule has 4 rings (SSSR count). The van der Waals surface area contributed by atoms with Gasteiger partial charge >= 0.3 is 0 Å². The van der Waals surface area contributed by atoms with Crippen LogP contribution in [0.25, 0.3) is 0 Å². The fraction of sp³-hybridized carbons (Fsp3) is 0.238. The van der Waals surface area contributed by atoms with Crippen LogP contribution in [0.15, 0.2) is 54.7 Å². The third-order valence-electron chi connectivity index (χ3n) is 5.04. The highest BCUT2D eigenvalue weighted by Gasteiger charge is 2.29. The van der Waals surface area contributed by atoms with Crippen LogP contribution in [0, 0.1) is 23.3 Å². The maximum atomic E-state index is 14.2. The van der Waals surface area contributed by atoms with Gasteiger partial charge in [0.05, 0.1) is 6.04 Å². The number of halogens is 4. The summed E-state index contributed by atoms with van der Waals surface area (Å²) in [5.74, 6) is -3.08. The van der Waals surface area contributed by atoms with Crippen molar-refractivity contribution < 1.29 is 17.6 Å². The maximum absolute atomic E-state index is 14.2. The zero-order valence-electron chi connectivity index (χ0n) is 14.5. The standard InChI is InChI=1S/C21H18F4N2/c22-16-4-1-5-17(23)15(16)13-27-11-3-10-26-9-2-6-20(26)21(27)14-7-8-18(24)19(25)12-14/h1-2,4-9,12,21H,3,10-11,13H2. The lowest BCUT2D eigenvalue weighted by Crippen LogP contribution is -2.30. The van der Waals surface area contributed by atoms with E-state index in [1.54, 1.807) is 0 Å². The predicted molar refractivity (Wildman–Crippen MR) is 94.0 cm³/mol. The first kappa shape index (κ1) is 17.8. The lowest BCUT2D eigenvalue weighted by atomic mass is 10.0. The number of aryl methyl sites for hydroxylation is 1. The van der Waals surface area contributed by atoms with Gasteiger partial charge in [0.2, 0.25) is 0 Å². The fourth-order valence-electron chi connectivity index (χ4n) is 3.76. The Morgan fingerprint density at radius 2 is 1.59 bits per heavy atom. The van der Waals surface area contributed by atoms with Crippen molar-refractivity contribution in [2.45, 2.75) is 25.6 Å². The summed E-state index contributed by atoms with van der Waals surface area (Å²) in [6, 6.07) is 10.9. The van der Waals surface area contributed by atoms with Gasteiger partial charge in [-0.15, -0.1) is 0 Å². The van der Waals surface area contributed by atoms with Gasteiger partial charge < -0.3 is 4.57 Å². The van der Waals surface area contributed by atoms with E-state index in [-0.39, 0.29) is 12.1 Å². The predicted octanol–water partition coefficient (Wildman–Crippen LogP) is 5.04. The number of benzene rings is 2. The van der Waals surface area contributed by atoms with E-state index in [0.717, 1.165) is 30.8 Å². The summed E-state index contributed by atoms with van der Waals surface area (Å²) < 4.78 is 57.8. The number of aromatic nitrogens is 1. The average Bonchev–Trinajstić information content (AvgIpc) is 3.02. The van der Waals surface area contributed by atoms with Crippen LogP contribution in [0.3, 0.4) is 0 Å². The Morgan fingerprint density at radius 1 is 0.815 bits per heavy atom. The molecule has 0 radical (unpaired) electrons. The van der Waals surface area contributed by atoms with Crippen LogP contribution < -0.4 is 0 Å². The van der Waals surface area contributed by atoms with E-state index in [9.17, 15) is 17.6 Å². The van der Waals surface area contributed by atoms with E-state index in [1.807, 2.05) is 27.8 Å². The van der Waals surface area contributed by atoms with Crippen LogP contribution in [-0.2, 0) is 13.1 Å². The second-order valence-electron chi connectivity index (χ2n) is 6.73. The van der Waals surface area contributed by atoms with E-state index < -0.39 is 29.3 Å². The van der Waals surface area contributed by atoms with Crippen molar-refractivity contribution in [3.63, 3.8) is 0 Å². The van der Waals surface area contributed by atoms with Crippen molar-refractivity contribution >= 4 is 0 Å². The zero-order chi connectivity index (χ0) is 19.0. The van der Waals surface area contributed by atoms with Gasteiger partial charge in [0.1, 0.15) is 11.6 Å². The molecule has 0 N–H and O–H groups in total. The topological polar surface area (TPSA) is 8.17 Å². The third-order valence-corrected chi connectivity index (χ3v) is 5.04. The van der Waals surface area contributed by atoms with Gasteiger partial charge in [-0.3, -0.25) is 4.90 Å². The molecule has 3 aromatic rings. The molecule has 1 unspecified atom stereocenters. The van der Waals surface area contributed by atoms with Crippen LogP contribution in [0.1, 0.15) is 29.3 Å². The summed E-state index contributed by atoms with van der Waals surface area (Å²) in [6.45, 7) is 1.35. The number of nitrogens with zero attached hydrogens (tertiary/aromatic N) is 2. The molecule has 0 amide bonds. The van der Waals surface area contributed by atoms with Crippen molar-refractivity contribution in [3.8, 4) is 0 Å². The van der Waals surface area contributed by atoms with Gasteiger partial charge in [-0.2, -0.15) is 0 Å². The number of fused-ring (bicyclic) bond motifs is 1. The van der Waals surface area contributed by atoms with Crippen molar-refractivity contribution in [1.82, 2.24) is 9.47 Å². The van der Waals surface area contributed by atoms with Gasteiger partial charge in [-0.25, -0.2) is 17.6 Å². The summed E-state index contributed by atoms with van der Waals surface area (Å²) >= 11 is 0. The molecule has 1 aliphatic rings. The maximum Gasteiger partial charge on any atom is 0.159 e. The Kier molecular flexibility index (Phi) is 4.74. The molecular weight excluding hydrogens is 356 g/mol. The van der Waals surface area contributed by atoms with E-state index >= 15 is 0 Å². The second kappa shape index (κ2) is 7.19. The van der Waals surface area contributed by atoms with Crippen molar-refractivity contribution in [1.29, 1.82) is 0 Å². The zero-order valence-corrected chi connectivity index (χ0v) is 14.5. The quantitative estimate of drug-likeness (QED) is 0.583. The lowest BCUT2D eigenvalue weighted by molar-refractivity contribution is 0.213. The van der Waals surface area contributed by atoms with Crippen LogP contribution in [0.2, 0.25) is 0 Å². The Labute approximate surface area is 154 Å². The summed E-state index contributed by atoms with van der Waals surface area (Å²) in [4.78, 5) is 1.91. The summed E-state index contributed by atoms with van der Waals surface area (Å²) in [6.07, 6.45) is 2.70. The molecular formula is C21H18F4N2. The summed E-state index contributed by atoms with van der Waals surface area (Å²) in [5.41, 5.74) is 1.41. The fourth-order valence-corrected chi connectivity index (χ4v) is 3.76. The molecule has 0 bridgehead atoms. The molecule has 0 saturated carbocycles. The molecule has 0 fully saturated rings. The van der Waals surface area contributed by atoms with Gasteiger partial charge in [-0.05, 0) is 48.4 Å². The number of rotatable bonds is 3.